The molecule has 0 aliphatic carbocycles. The number of nitrogens with two attached hydrogens (primary N) is 2. The summed E-state index contributed by atoms with van der Waals surface area (Å²) in [6.45, 7) is 0. The lowest BCUT2D eigenvalue weighted by Crippen LogP contribution is -2.12. The molecule has 0 fully saturated rings. The van der Waals surface area contributed by atoms with Crippen LogP contribution in [0.25, 0.3) is 0 Å². The third-order valence-electron chi connectivity index (χ3n) is 0.132. The van der Waals surface area contributed by atoms with Crippen molar-refractivity contribution in [2.75, 3.05) is 0 Å². The Bertz CT molecular complexity index is 74.9. The standard InChI is InChI=1S/BrH5N3OP/c1-4-6(2,3)5/h(H5,2,3,4,5). The minimum Gasteiger partial charge on any atom is -0.271 e. The molecule has 0 rings (SSSR count). The molecule has 0 aliphatic rings. The molecule has 0 saturated heterocycles. The maximum atomic E-state index is 9.98. The number of hydrogen-bond acceptors (Lipinski definition) is 1. The van der Waals surface area contributed by atoms with Gasteiger partial charge in [-0.1, -0.05) is 0 Å². The molecule has 0 saturated carbocycles. The second kappa shape index (κ2) is 2.04. The van der Waals surface area contributed by atoms with Crippen LogP contribution in [-0.2, 0) is 4.57 Å². The minimum absolute atomic E-state index is 2.03. The van der Waals surface area contributed by atoms with Gasteiger partial charge in [0.05, 0.1) is 0 Å². The summed E-state index contributed by atoms with van der Waals surface area (Å²) in [5, 5.41) is 0. The molecule has 0 amide bonds. The zero-order valence-corrected chi connectivity index (χ0v) is 5.37. The fourth-order valence-corrected chi connectivity index (χ4v) is 0. The third-order valence-corrected chi connectivity index (χ3v) is 2.06. The van der Waals surface area contributed by atoms with E-state index < -0.39 is 7.59 Å². The number of nitrogens with one attached hydrogen (secondary N) is 1. The normalized spacial score (nSPS) is 11.8. The highest BCUT2D eigenvalue weighted by atomic mass is 79.9. The molecular weight excluding hydrogens is 169 g/mol. The molecule has 0 aromatic carbocycles. The molecule has 4 nitrogen and oxygen atoms in total. The molecule has 0 spiro atoms. The van der Waals surface area contributed by atoms with E-state index in [1.54, 1.807) is 0 Å². The molecule has 0 aliphatic heterocycles. The monoisotopic (exact) mass is 173 g/mol. The summed E-state index contributed by atoms with van der Waals surface area (Å²) in [5.41, 5.74) is 9.42. The molecule has 0 atom stereocenters. The van der Waals surface area contributed by atoms with Gasteiger partial charge in [0, 0.05) is 16.1 Å². The molecule has 0 bridgehead atoms. The van der Waals surface area contributed by atoms with E-state index in [2.05, 4.69) is 16.1 Å². The van der Waals surface area contributed by atoms with Gasteiger partial charge >= 0.3 is 0 Å². The summed E-state index contributed by atoms with van der Waals surface area (Å²) in [7, 11) is -2.98. The fraction of sp³-hybridized carbons (Fsp3) is 0. The first-order chi connectivity index (χ1) is 2.56. The Morgan fingerprint density at radius 3 is 1.83 bits per heavy atom. The minimum atomic E-state index is -2.98. The van der Waals surface area contributed by atoms with Crippen molar-refractivity contribution in [3.63, 3.8) is 0 Å². The van der Waals surface area contributed by atoms with Crippen molar-refractivity contribution in [1.82, 2.24) is 4.11 Å². The Morgan fingerprint density at radius 1 is 1.67 bits per heavy atom. The van der Waals surface area contributed by atoms with Gasteiger partial charge in [0.2, 0.25) is 0 Å². The average Bonchev–Trinajstić information content (AvgIpc) is 1.35. The Kier molecular flexibility index (Phi) is 2.25. The van der Waals surface area contributed by atoms with Gasteiger partial charge in [-0.25, -0.2) is 0 Å². The molecule has 5 N–H and O–H groups in total. The van der Waals surface area contributed by atoms with Gasteiger partial charge in [-0.15, -0.1) is 0 Å². The first-order valence-corrected chi connectivity index (χ1v) is 3.75. The van der Waals surface area contributed by atoms with E-state index in [-0.39, 0.29) is 0 Å². The fourth-order valence-electron chi connectivity index (χ4n) is 0. The van der Waals surface area contributed by atoms with Crippen molar-refractivity contribution in [3.05, 3.63) is 0 Å². The van der Waals surface area contributed by atoms with Crippen molar-refractivity contribution < 1.29 is 4.57 Å². The Morgan fingerprint density at radius 2 is 1.83 bits per heavy atom. The first-order valence-electron chi connectivity index (χ1n) is 1.11. The summed E-state index contributed by atoms with van der Waals surface area (Å²) in [5.74, 6) is 0. The summed E-state index contributed by atoms with van der Waals surface area (Å²) < 4.78 is 12.0. The van der Waals surface area contributed by atoms with Gasteiger partial charge < -0.3 is 0 Å². The van der Waals surface area contributed by atoms with Crippen molar-refractivity contribution in [2.45, 2.75) is 0 Å². The first kappa shape index (κ1) is 6.59. The Balaban J connectivity index is 3.48. The van der Waals surface area contributed by atoms with E-state index in [1.807, 2.05) is 4.11 Å². The molecular formula is H5BrN3OP. The molecule has 0 radical (unpaired) electrons. The second-order valence-electron chi connectivity index (χ2n) is 0.794. The van der Waals surface area contributed by atoms with E-state index in [9.17, 15) is 4.57 Å². The highest BCUT2D eigenvalue weighted by Gasteiger charge is 2.00. The zero-order chi connectivity index (χ0) is 5.21. The summed E-state index contributed by atoms with van der Waals surface area (Å²) >= 11 is 2.61. The van der Waals surface area contributed by atoms with E-state index in [4.69, 9.17) is 11.0 Å². The molecule has 0 aromatic heterocycles. The van der Waals surface area contributed by atoms with Gasteiger partial charge in [-0.05, 0) is 0 Å². The van der Waals surface area contributed by atoms with Crippen LogP contribution in [0.1, 0.15) is 0 Å². The summed E-state index contributed by atoms with van der Waals surface area (Å²) in [6, 6.07) is 0. The summed E-state index contributed by atoms with van der Waals surface area (Å²) in [6.07, 6.45) is 0. The van der Waals surface area contributed by atoms with Gasteiger partial charge in [0.15, 0.2) is 0 Å². The van der Waals surface area contributed by atoms with Crippen LogP contribution in [0.2, 0.25) is 0 Å². The lowest BCUT2D eigenvalue weighted by atomic mass is 13.8. The smallest absolute Gasteiger partial charge is 0.271 e. The van der Waals surface area contributed by atoms with E-state index in [1.165, 1.54) is 0 Å². The Labute approximate surface area is 44.1 Å². The highest BCUT2D eigenvalue weighted by Crippen LogP contribution is 2.18. The van der Waals surface area contributed by atoms with Crippen LogP contribution < -0.4 is 15.1 Å². The van der Waals surface area contributed by atoms with Crippen LogP contribution in [0.3, 0.4) is 0 Å². The molecule has 0 heterocycles. The van der Waals surface area contributed by atoms with E-state index >= 15 is 0 Å². The van der Waals surface area contributed by atoms with Crippen molar-refractivity contribution in [1.29, 1.82) is 0 Å². The predicted octanol–water partition coefficient (Wildman–Crippen LogP) is -0.0886. The van der Waals surface area contributed by atoms with Crippen LogP contribution in [0.15, 0.2) is 0 Å². The maximum Gasteiger partial charge on any atom is 0.283 e. The molecule has 6 heavy (non-hydrogen) atoms. The van der Waals surface area contributed by atoms with Crippen LogP contribution in [0.5, 0.6) is 0 Å². The third kappa shape index (κ3) is 4.59. The number of hydrogen-bond donors (Lipinski definition) is 3. The topological polar surface area (TPSA) is 81.1 Å². The zero-order valence-electron chi connectivity index (χ0n) is 2.89. The van der Waals surface area contributed by atoms with Gasteiger partial charge in [0.1, 0.15) is 0 Å². The van der Waals surface area contributed by atoms with E-state index in [0.29, 0.717) is 0 Å². The van der Waals surface area contributed by atoms with Gasteiger partial charge in [0.25, 0.3) is 7.59 Å². The average molecular weight is 174 g/mol. The number of rotatable bonds is 1. The van der Waals surface area contributed by atoms with Crippen molar-refractivity contribution in [2.24, 2.45) is 11.0 Å². The van der Waals surface area contributed by atoms with Crippen LogP contribution in [0, 0.1) is 0 Å². The molecule has 6 heteroatoms. The highest BCUT2D eigenvalue weighted by molar-refractivity contribution is 9.08. The van der Waals surface area contributed by atoms with Crippen LogP contribution in [-0.4, -0.2) is 0 Å². The van der Waals surface area contributed by atoms with E-state index in [0.717, 1.165) is 0 Å². The Hall–Kier alpha value is 0.590. The SMILES string of the molecule is NP(N)(=O)NBr. The lowest BCUT2D eigenvalue weighted by Gasteiger charge is -1.96. The summed E-state index contributed by atoms with van der Waals surface area (Å²) in [4.78, 5) is 0. The maximum absolute atomic E-state index is 9.98. The second-order valence-corrected chi connectivity index (χ2v) is 3.45. The molecule has 38 valence electrons. The number of halogens is 1. The predicted molar refractivity (Wildman–Crippen MR) is 28.0 cm³/mol. The van der Waals surface area contributed by atoms with Gasteiger partial charge in [-0.3, -0.25) is 15.6 Å². The van der Waals surface area contributed by atoms with Crippen LogP contribution in [0.4, 0.5) is 0 Å². The largest absolute Gasteiger partial charge is 0.283 e. The molecule has 0 unspecified atom stereocenters. The van der Waals surface area contributed by atoms with Crippen molar-refractivity contribution in [3.8, 4) is 0 Å². The van der Waals surface area contributed by atoms with Crippen LogP contribution >= 0.6 is 23.7 Å². The molecule has 0 aromatic rings. The lowest BCUT2D eigenvalue weighted by molar-refractivity contribution is 0.576. The quantitative estimate of drug-likeness (QED) is 0.383. The van der Waals surface area contributed by atoms with Crippen molar-refractivity contribution >= 4 is 23.7 Å². The van der Waals surface area contributed by atoms with Gasteiger partial charge in [-0.2, -0.15) is 4.11 Å².